The van der Waals surface area contributed by atoms with Gasteiger partial charge in [-0.2, -0.15) is 0 Å². The summed E-state index contributed by atoms with van der Waals surface area (Å²) >= 11 is 0. The van der Waals surface area contributed by atoms with Crippen molar-refractivity contribution in [2.24, 2.45) is 0 Å². The predicted molar refractivity (Wildman–Crippen MR) is 41.0 cm³/mol. The van der Waals surface area contributed by atoms with Crippen LogP contribution in [0.4, 0.5) is 0 Å². The van der Waals surface area contributed by atoms with Crippen molar-refractivity contribution >= 4 is 5.97 Å². The van der Waals surface area contributed by atoms with Gasteiger partial charge in [0.05, 0.1) is 14.1 Å². The van der Waals surface area contributed by atoms with E-state index in [0.29, 0.717) is 17.4 Å². The number of likely N-dealkylation sites (N-methyl/N-ethyl adjacent to an activating group) is 1. The Kier molecular flexibility index (Phi) is 3.20. The number of carboxylic acid groups (broad SMARTS) is 1. The van der Waals surface area contributed by atoms with Gasteiger partial charge in [-0.1, -0.05) is 0 Å². The molecule has 1 heterocycles. The number of carboxylic acids is 1. The second kappa shape index (κ2) is 3.38. The molecule has 72 valence electrons. The first-order valence-corrected chi connectivity index (χ1v) is 3.67. The fraction of sp³-hybridized carbons (Fsp3) is 0.857. The Morgan fingerprint density at radius 1 is 1.50 bits per heavy atom. The zero-order valence-electron chi connectivity index (χ0n) is 7.27. The molecule has 0 aromatic rings. The molecule has 1 fully saturated rings. The third-order valence-electron chi connectivity index (χ3n) is 2.31. The lowest BCUT2D eigenvalue weighted by atomic mass is 10.2. The fourth-order valence-electron chi connectivity index (χ4n) is 1.69. The van der Waals surface area contributed by atoms with Crippen LogP contribution >= 0.6 is 0 Å². The van der Waals surface area contributed by atoms with Gasteiger partial charge in [0, 0.05) is 6.42 Å². The number of rotatable bonds is 1. The molecule has 5 heteroatoms. The maximum atomic E-state index is 10.6. The van der Waals surface area contributed by atoms with Crippen molar-refractivity contribution in [3.8, 4) is 0 Å². The van der Waals surface area contributed by atoms with Gasteiger partial charge in [-0.25, -0.2) is 4.79 Å². The Balaban J connectivity index is 0.00000121. The minimum atomic E-state index is -0.813. The number of aliphatic carboxylic acids is 1. The monoisotopic (exact) mass is 177 g/mol. The lowest BCUT2D eigenvalue weighted by molar-refractivity contribution is -0.895. The van der Waals surface area contributed by atoms with Crippen LogP contribution in [0.25, 0.3) is 0 Å². The molecule has 1 saturated heterocycles. The molecule has 3 N–H and O–H groups in total. The molecular weight excluding hydrogens is 162 g/mol. The number of aliphatic hydroxyl groups excluding tert-OH is 1. The molecule has 0 aromatic heterocycles. The van der Waals surface area contributed by atoms with Gasteiger partial charge in [0.15, 0.2) is 6.04 Å². The first-order valence-electron chi connectivity index (χ1n) is 3.67. The number of hydrogen-bond acceptors (Lipinski definition) is 3. The average Bonchev–Trinajstić information content (AvgIpc) is 2.04. The molecular formula is C7H15NO4. The van der Waals surface area contributed by atoms with E-state index in [9.17, 15) is 9.90 Å². The minimum absolute atomic E-state index is 0. The van der Waals surface area contributed by atoms with Crippen LogP contribution in [0.3, 0.4) is 0 Å². The summed E-state index contributed by atoms with van der Waals surface area (Å²) in [6.45, 7) is 0.539. The van der Waals surface area contributed by atoms with Gasteiger partial charge < -0.3 is 20.2 Å². The molecule has 0 aliphatic carbocycles. The van der Waals surface area contributed by atoms with Gasteiger partial charge in [-0.3, -0.25) is 0 Å². The highest BCUT2D eigenvalue weighted by atomic mass is 16.4. The van der Waals surface area contributed by atoms with E-state index < -0.39 is 18.1 Å². The first kappa shape index (κ1) is 11.4. The molecule has 0 spiro atoms. The van der Waals surface area contributed by atoms with E-state index in [1.54, 1.807) is 0 Å². The SMILES string of the molecule is C[N+]1(C)C[C@@H](O)C[C@@H]1C(=O)O.[OH-]. The highest BCUT2D eigenvalue weighted by Crippen LogP contribution is 2.22. The lowest BCUT2D eigenvalue weighted by Crippen LogP contribution is -2.48. The van der Waals surface area contributed by atoms with Gasteiger partial charge >= 0.3 is 5.97 Å². The van der Waals surface area contributed by atoms with Crippen LogP contribution in [-0.4, -0.2) is 58.9 Å². The van der Waals surface area contributed by atoms with E-state index >= 15 is 0 Å². The lowest BCUT2D eigenvalue weighted by Gasteiger charge is -2.28. The summed E-state index contributed by atoms with van der Waals surface area (Å²) in [6.07, 6.45) is -0.0754. The van der Waals surface area contributed by atoms with Crippen molar-refractivity contribution in [2.75, 3.05) is 20.6 Å². The molecule has 0 amide bonds. The van der Waals surface area contributed by atoms with Gasteiger partial charge in [0.1, 0.15) is 12.6 Å². The van der Waals surface area contributed by atoms with Crippen molar-refractivity contribution < 1.29 is 25.0 Å². The average molecular weight is 177 g/mol. The molecule has 5 nitrogen and oxygen atoms in total. The Hall–Kier alpha value is -0.650. The van der Waals surface area contributed by atoms with E-state index in [-0.39, 0.29) is 5.48 Å². The molecule has 1 aliphatic heterocycles. The summed E-state index contributed by atoms with van der Waals surface area (Å²) in [5.74, 6) is -0.813. The number of quaternary nitrogens is 1. The second-order valence-electron chi connectivity index (χ2n) is 3.70. The van der Waals surface area contributed by atoms with Gasteiger partial charge in [0.25, 0.3) is 0 Å². The topological polar surface area (TPSA) is 87.5 Å². The van der Waals surface area contributed by atoms with Gasteiger partial charge in [-0.05, 0) is 0 Å². The summed E-state index contributed by atoms with van der Waals surface area (Å²) in [6, 6.07) is -0.440. The molecule has 0 radical (unpaired) electrons. The number of likely N-dealkylation sites (tertiary alicyclic amines) is 1. The highest BCUT2D eigenvalue weighted by Gasteiger charge is 2.44. The molecule has 12 heavy (non-hydrogen) atoms. The third-order valence-corrected chi connectivity index (χ3v) is 2.31. The maximum Gasteiger partial charge on any atom is 0.362 e. The van der Waals surface area contributed by atoms with Crippen LogP contribution in [-0.2, 0) is 4.79 Å². The van der Waals surface area contributed by atoms with Crippen molar-refractivity contribution in [1.29, 1.82) is 0 Å². The smallest absolute Gasteiger partial charge is 0.362 e. The number of aliphatic hydroxyl groups is 1. The van der Waals surface area contributed by atoms with Crippen molar-refractivity contribution in [3.05, 3.63) is 0 Å². The second-order valence-corrected chi connectivity index (χ2v) is 3.70. The van der Waals surface area contributed by atoms with Crippen LogP contribution in [0, 0.1) is 0 Å². The van der Waals surface area contributed by atoms with E-state index in [0.717, 1.165) is 0 Å². The number of hydrogen-bond donors (Lipinski definition) is 2. The summed E-state index contributed by atoms with van der Waals surface area (Å²) in [4.78, 5) is 10.6. The van der Waals surface area contributed by atoms with Crippen LogP contribution in [0.15, 0.2) is 0 Å². The largest absolute Gasteiger partial charge is 0.870 e. The minimum Gasteiger partial charge on any atom is -0.870 e. The Labute approximate surface area is 71.1 Å². The normalized spacial score (nSPS) is 32.6. The predicted octanol–water partition coefficient (Wildman–Crippen LogP) is -0.896. The zero-order chi connectivity index (χ0) is 8.65. The van der Waals surface area contributed by atoms with Crippen LogP contribution in [0.2, 0.25) is 0 Å². The molecule has 0 unspecified atom stereocenters. The fourth-order valence-corrected chi connectivity index (χ4v) is 1.69. The highest BCUT2D eigenvalue weighted by molar-refractivity contribution is 5.72. The van der Waals surface area contributed by atoms with Crippen LogP contribution < -0.4 is 0 Å². The Morgan fingerprint density at radius 3 is 2.17 bits per heavy atom. The van der Waals surface area contributed by atoms with E-state index in [1.807, 2.05) is 14.1 Å². The van der Waals surface area contributed by atoms with Gasteiger partial charge in [0.2, 0.25) is 0 Å². The van der Waals surface area contributed by atoms with Crippen molar-refractivity contribution in [3.63, 3.8) is 0 Å². The van der Waals surface area contributed by atoms with Crippen LogP contribution in [0.1, 0.15) is 6.42 Å². The molecule has 2 atom stereocenters. The van der Waals surface area contributed by atoms with E-state index in [2.05, 4.69) is 0 Å². The zero-order valence-corrected chi connectivity index (χ0v) is 7.27. The summed E-state index contributed by atoms with van der Waals surface area (Å²) in [5, 5.41) is 17.9. The van der Waals surface area contributed by atoms with E-state index in [4.69, 9.17) is 5.11 Å². The standard InChI is InChI=1S/C7H13NO3.H2O/c1-8(2)4-5(9)3-6(8)7(10)11;/h5-6,9H,3-4H2,1-2H3;1H2/t5-,6+;/m0./s1. The number of carbonyl (C=O) groups is 1. The van der Waals surface area contributed by atoms with Crippen molar-refractivity contribution in [1.82, 2.24) is 0 Å². The summed E-state index contributed by atoms with van der Waals surface area (Å²) in [7, 11) is 3.66. The summed E-state index contributed by atoms with van der Waals surface area (Å²) < 4.78 is 0.385. The molecule has 1 aliphatic rings. The quantitative estimate of drug-likeness (QED) is 0.508. The molecule has 1 rings (SSSR count). The molecule has 0 saturated carbocycles. The van der Waals surface area contributed by atoms with Crippen LogP contribution in [0.5, 0.6) is 0 Å². The Bertz CT molecular complexity index is 180. The third kappa shape index (κ3) is 1.94. The number of nitrogens with zero attached hydrogens (tertiary/aromatic N) is 1. The first-order chi connectivity index (χ1) is 4.93. The maximum absolute atomic E-state index is 10.6. The summed E-state index contributed by atoms with van der Waals surface area (Å²) in [5.41, 5.74) is 0. The van der Waals surface area contributed by atoms with E-state index in [1.165, 1.54) is 0 Å². The molecule has 0 aromatic carbocycles. The molecule has 0 bridgehead atoms. The van der Waals surface area contributed by atoms with Crippen molar-refractivity contribution in [2.45, 2.75) is 18.6 Å². The van der Waals surface area contributed by atoms with Gasteiger partial charge in [-0.15, -0.1) is 0 Å². The Morgan fingerprint density at radius 2 is 2.00 bits per heavy atom.